The predicted octanol–water partition coefficient (Wildman–Crippen LogP) is 6.83. The second kappa shape index (κ2) is 13.0. The van der Waals surface area contributed by atoms with Crippen LogP contribution in [0.15, 0.2) is 71.6 Å². The minimum absolute atomic E-state index is 0.0797. The molecule has 3 aromatic carbocycles. The zero-order valence-corrected chi connectivity index (χ0v) is 26.1. The number of halogens is 4. The molecule has 0 bridgehead atoms. The first-order valence-electron chi connectivity index (χ1n) is 12.2. The Kier molecular flexibility index (Phi) is 10.4. The topological polar surface area (TPSA) is 86.8 Å². The van der Waals surface area contributed by atoms with E-state index in [1.807, 2.05) is 20.8 Å². The summed E-state index contributed by atoms with van der Waals surface area (Å²) < 4.78 is 28.6. The van der Waals surface area contributed by atoms with Crippen molar-refractivity contribution >= 4 is 73.9 Å². The molecule has 2 amide bonds. The van der Waals surface area contributed by atoms with Crippen molar-refractivity contribution in [1.29, 1.82) is 0 Å². The summed E-state index contributed by atoms with van der Waals surface area (Å²) in [5, 5.41) is 4.09. The first kappa shape index (κ1) is 32.0. The molecule has 0 aliphatic rings. The molecule has 0 aliphatic heterocycles. The monoisotopic (exact) mass is 643 g/mol. The van der Waals surface area contributed by atoms with Gasteiger partial charge in [-0.25, -0.2) is 8.42 Å². The maximum atomic E-state index is 14.0. The van der Waals surface area contributed by atoms with Crippen molar-refractivity contribution in [1.82, 2.24) is 10.2 Å². The van der Waals surface area contributed by atoms with E-state index in [1.165, 1.54) is 41.3 Å². The van der Waals surface area contributed by atoms with E-state index in [0.717, 1.165) is 4.31 Å². The quantitative estimate of drug-likeness (QED) is 0.277. The Labute approximate surface area is 255 Å². The lowest BCUT2D eigenvalue weighted by Gasteiger charge is -2.33. The number of rotatable bonds is 9. The molecule has 7 nitrogen and oxygen atoms in total. The summed E-state index contributed by atoms with van der Waals surface area (Å²) in [6.07, 6.45) is 0. The van der Waals surface area contributed by atoms with E-state index in [-0.39, 0.29) is 22.2 Å². The van der Waals surface area contributed by atoms with Gasteiger partial charge in [0.15, 0.2) is 0 Å². The number of hydrogen-bond acceptors (Lipinski definition) is 4. The van der Waals surface area contributed by atoms with Crippen molar-refractivity contribution in [3.8, 4) is 0 Å². The van der Waals surface area contributed by atoms with Gasteiger partial charge in [-0.2, -0.15) is 0 Å². The van der Waals surface area contributed by atoms with Crippen LogP contribution in [-0.4, -0.2) is 43.3 Å². The molecule has 0 aliphatic carbocycles. The van der Waals surface area contributed by atoms with Gasteiger partial charge in [0, 0.05) is 37.7 Å². The third-order valence-electron chi connectivity index (χ3n) is 5.83. The number of sulfonamides is 1. The highest BCUT2D eigenvalue weighted by Gasteiger charge is 2.34. The highest BCUT2D eigenvalue weighted by molar-refractivity contribution is 7.92. The Morgan fingerprint density at radius 1 is 0.875 bits per heavy atom. The lowest BCUT2D eigenvalue weighted by atomic mass is 10.1. The van der Waals surface area contributed by atoms with E-state index in [0.29, 0.717) is 20.6 Å². The number of nitrogens with one attached hydrogen (secondary N) is 1. The van der Waals surface area contributed by atoms with Crippen LogP contribution in [0.4, 0.5) is 5.69 Å². The lowest BCUT2D eigenvalue weighted by Crippen LogP contribution is -2.54. The standard InChI is InChI=1S/C28H29Cl4N3O4S/c1-18(27(37)33-28(2,3)4)34(16-23-24(31)9-6-10-25(23)32)26(36)17-35(21-8-5-7-20(30)15-21)40(38,39)22-13-11-19(29)12-14-22/h5-15,18H,16-17H2,1-4H3,(H,33,37). The normalized spacial score (nSPS) is 12.5. The minimum atomic E-state index is -4.26. The molecule has 3 aromatic rings. The van der Waals surface area contributed by atoms with E-state index < -0.39 is 40.0 Å². The summed E-state index contributed by atoms with van der Waals surface area (Å²) in [5.41, 5.74) is 0.00936. The second-order valence-corrected chi connectivity index (χ2v) is 13.6. The second-order valence-electron chi connectivity index (χ2n) is 10.1. The van der Waals surface area contributed by atoms with Crippen LogP contribution in [0.5, 0.6) is 0 Å². The van der Waals surface area contributed by atoms with Gasteiger partial charge in [0.25, 0.3) is 10.0 Å². The zero-order chi connectivity index (χ0) is 29.8. The van der Waals surface area contributed by atoms with E-state index in [2.05, 4.69) is 5.32 Å². The molecular formula is C28H29Cl4N3O4S. The van der Waals surface area contributed by atoms with Crippen LogP contribution in [0.3, 0.4) is 0 Å². The molecule has 0 heterocycles. The van der Waals surface area contributed by atoms with Crippen molar-refractivity contribution in [2.45, 2.75) is 50.7 Å². The molecule has 0 aromatic heterocycles. The summed E-state index contributed by atoms with van der Waals surface area (Å²) in [6, 6.07) is 15.6. The zero-order valence-electron chi connectivity index (χ0n) is 22.3. The number of carbonyl (C=O) groups excluding carboxylic acids is 2. The van der Waals surface area contributed by atoms with E-state index in [9.17, 15) is 18.0 Å². The van der Waals surface area contributed by atoms with Crippen molar-refractivity contribution in [2.24, 2.45) is 0 Å². The third kappa shape index (κ3) is 8.04. The van der Waals surface area contributed by atoms with E-state index in [4.69, 9.17) is 46.4 Å². The van der Waals surface area contributed by atoms with Gasteiger partial charge in [-0.05, 0) is 82.3 Å². The molecule has 12 heteroatoms. The molecule has 40 heavy (non-hydrogen) atoms. The summed E-state index contributed by atoms with van der Waals surface area (Å²) in [5.74, 6) is -1.09. The molecular weight excluding hydrogens is 616 g/mol. The number of hydrogen-bond donors (Lipinski definition) is 1. The molecule has 0 saturated heterocycles. The highest BCUT2D eigenvalue weighted by atomic mass is 35.5. The average molecular weight is 645 g/mol. The number of anilines is 1. The van der Waals surface area contributed by atoms with E-state index in [1.54, 1.807) is 37.3 Å². The maximum absolute atomic E-state index is 14.0. The van der Waals surface area contributed by atoms with Gasteiger partial charge in [0.2, 0.25) is 11.8 Å². The fraction of sp³-hybridized carbons (Fsp3) is 0.286. The van der Waals surface area contributed by atoms with E-state index >= 15 is 0 Å². The van der Waals surface area contributed by atoms with Crippen LogP contribution in [0.2, 0.25) is 20.1 Å². The molecule has 0 fully saturated rings. The Hall–Kier alpha value is -2.49. The fourth-order valence-corrected chi connectivity index (χ4v) is 6.04. The number of carbonyl (C=O) groups is 2. The van der Waals surface area contributed by atoms with Crippen LogP contribution in [-0.2, 0) is 26.2 Å². The first-order valence-corrected chi connectivity index (χ1v) is 15.1. The van der Waals surface area contributed by atoms with Gasteiger partial charge in [0.05, 0.1) is 10.6 Å². The highest BCUT2D eigenvalue weighted by Crippen LogP contribution is 2.29. The van der Waals surface area contributed by atoms with Gasteiger partial charge in [0.1, 0.15) is 12.6 Å². The molecule has 214 valence electrons. The Morgan fingerprint density at radius 3 is 2.00 bits per heavy atom. The number of nitrogens with zero attached hydrogens (tertiary/aromatic N) is 2. The van der Waals surface area contributed by atoms with Crippen molar-refractivity contribution in [3.05, 3.63) is 92.4 Å². The van der Waals surface area contributed by atoms with Crippen LogP contribution in [0.1, 0.15) is 33.3 Å². The smallest absolute Gasteiger partial charge is 0.264 e. The molecule has 0 saturated carbocycles. The molecule has 0 radical (unpaired) electrons. The van der Waals surface area contributed by atoms with Crippen LogP contribution >= 0.6 is 46.4 Å². The number of benzene rings is 3. The summed E-state index contributed by atoms with van der Waals surface area (Å²) in [4.78, 5) is 28.3. The van der Waals surface area contributed by atoms with Crippen molar-refractivity contribution in [2.75, 3.05) is 10.8 Å². The van der Waals surface area contributed by atoms with Crippen molar-refractivity contribution < 1.29 is 18.0 Å². The lowest BCUT2D eigenvalue weighted by molar-refractivity contribution is -0.140. The molecule has 1 atom stereocenters. The average Bonchev–Trinajstić information content (AvgIpc) is 2.85. The molecule has 1 N–H and O–H groups in total. The van der Waals surface area contributed by atoms with Gasteiger partial charge < -0.3 is 10.2 Å². The number of amides is 2. The molecule has 1 unspecified atom stereocenters. The van der Waals surface area contributed by atoms with Crippen LogP contribution < -0.4 is 9.62 Å². The Bertz CT molecular complexity index is 1470. The van der Waals surface area contributed by atoms with Gasteiger partial charge >= 0.3 is 0 Å². The molecule has 0 spiro atoms. The fourth-order valence-electron chi connectivity index (χ4n) is 3.80. The SMILES string of the molecule is CC(C(=O)NC(C)(C)C)N(Cc1c(Cl)cccc1Cl)C(=O)CN(c1cccc(Cl)c1)S(=O)(=O)c1ccc(Cl)cc1. The van der Waals surface area contributed by atoms with Gasteiger partial charge in [-0.3, -0.25) is 13.9 Å². The first-order chi connectivity index (χ1) is 18.6. The van der Waals surface area contributed by atoms with Gasteiger partial charge in [-0.15, -0.1) is 0 Å². The third-order valence-corrected chi connectivity index (χ3v) is 8.82. The summed E-state index contributed by atoms with van der Waals surface area (Å²) in [7, 11) is -4.26. The maximum Gasteiger partial charge on any atom is 0.264 e. The van der Waals surface area contributed by atoms with Crippen molar-refractivity contribution in [3.63, 3.8) is 0 Å². The predicted molar refractivity (Wildman–Crippen MR) is 162 cm³/mol. The summed E-state index contributed by atoms with van der Waals surface area (Å²) in [6.45, 7) is 6.22. The largest absolute Gasteiger partial charge is 0.350 e. The summed E-state index contributed by atoms with van der Waals surface area (Å²) >= 11 is 25.0. The molecule has 3 rings (SSSR count). The Morgan fingerprint density at radius 2 is 1.45 bits per heavy atom. The Balaban J connectivity index is 2.08. The van der Waals surface area contributed by atoms with Crippen LogP contribution in [0.25, 0.3) is 0 Å². The van der Waals surface area contributed by atoms with Gasteiger partial charge in [-0.1, -0.05) is 58.5 Å². The minimum Gasteiger partial charge on any atom is -0.350 e. The van der Waals surface area contributed by atoms with Crippen LogP contribution in [0, 0.1) is 0 Å².